The molecule has 5 heteroatoms. The molecule has 0 spiro atoms. The number of carbonyl (C=O) groups is 1. The number of ketones is 1. The van der Waals surface area contributed by atoms with Gasteiger partial charge in [-0.1, -0.05) is 31.4 Å². The molecule has 1 aliphatic carbocycles. The zero-order chi connectivity index (χ0) is 13.8. The predicted molar refractivity (Wildman–Crippen MR) is 74.6 cm³/mol. The number of Topliss-reactive ketones (excluding diaryl/α,β-unsaturated/α-hetero) is 1. The van der Waals surface area contributed by atoms with E-state index in [0.717, 1.165) is 19.3 Å². The molecule has 4 nitrogen and oxygen atoms in total. The third-order valence-electron chi connectivity index (χ3n) is 3.84. The van der Waals surface area contributed by atoms with Crippen LogP contribution < -0.4 is 0 Å². The van der Waals surface area contributed by atoms with Crippen molar-refractivity contribution in [1.82, 2.24) is 9.78 Å². The van der Waals surface area contributed by atoms with E-state index in [-0.39, 0.29) is 11.7 Å². The summed E-state index contributed by atoms with van der Waals surface area (Å²) in [6.07, 6.45) is 5.83. The average molecular weight is 285 g/mol. The van der Waals surface area contributed by atoms with E-state index >= 15 is 0 Å². The highest BCUT2D eigenvalue weighted by molar-refractivity contribution is 6.33. The van der Waals surface area contributed by atoms with Crippen LogP contribution in [-0.2, 0) is 11.3 Å². The standard InChI is InChI=1S/C14H21ClN2O2/c1-10-4-3-5-11(8-10)14(18)13-12(15)9-16-17(13)6-7-19-2/h9-11H,3-8H2,1-2H3. The first kappa shape index (κ1) is 14.5. The zero-order valence-electron chi connectivity index (χ0n) is 11.6. The van der Waals surface area contributed by atoms with Gasteiger partial charge in [-0.15, -0.1) is 0 Å². The molecule has 0 N–H and O–H groups in total. The van der Waals surface area contributed by atoms with E-state index in [1.807, 2.05) is 0 Å². The van der Waals surface area contributed by atoms with Gasteiger partial charge in [0.2, 0.25) is 0 Å². The molecule has 2 atom stereocenters. The van der Waals surface area contributed by atoms with Crippen LogP contribution in [0.3, 0.4) is 0 Å². The minimum Gasteiger partial charge on any atom is -0.383 e. The molecule has 2 rings (SSSR count). The molecule has 106 valence electrons. The summed E-state index contributed by atoms with van der Waals surface area (Å²) in [7, 11) is 1.63. The summed E-state index contributed by atoms with van der Waals surface area (Å²) >= 11 is 6.13. The lowest BCUT2D eigenvalue weighted by Crippen LogP contribution is -2.25. The van der Waals surface area contributed by atoms with Gasteiger partial charge < -0.3 is 4.74 Å². The monoisotopic (exact) mass is 284 g/mol. The van der Waals surface area contributed by atoms with E-state index in [4.69, 9.17) is 16.3 Å². The third kappa shape index (κ3) is 3.37. The van der Waals surface area contributed by atoms with Gasteiger partial charge in [0.25, 0.3) is 0 Å². The lowest BCUT2D eigenvalue weighted by molar-refractivity contribution is 0.0853. The van der Waals surface area contributed by atoms with Crippen molar-refractivity contribution in [3.8, 4) is 0 Å². The van der Waals surface area contributed by atoms with E-state index in [1.165, 1.54) is 6.42 Å². The highest BCUT2D eigenvalue weighted by Gasteiger charge is 2.29. The fourth-order valence-electron chi connectivity index (χ4n) is 2.82. The van der Waals surface area contributed by atoms with Gasteiger partial charge in [0.1, 0.15) is 5.69 Å². The minimum atomic E-state index is 0.0965. The van der Waals surface area contributed by atoms with Gasteiger partial charge in [-0.3, -0.25) is 9.48 Å². The van der Waals surface area contributed by atoms with E-state index in [9.17, 15) is 4.79 Å². The molecular weight excluding hydrogens is 264 g/mol. The van der Waals surface area contributed by atoms with Crippen LogP contribution in [0.15, 0.2) is 6.20 Å². The van der Waals surface area contributed by atoms with Crippen molar-refractivity contribution in [2.45, 2.75) is 39.2 Å². The zero-order valence-corrected chi connectivity index (χ0v) is 12.3. The first-order chi connectivity index (χ1) is 9.13. The quantitative estimate of drug-likeness (QED) is 0.780. The number of hydrogen-bond acceptors (Lipinski definition) is 3. The van der Waals surface area contributed by atoms with Crippen LogP contribution in [0.5, 0.6) is 0 Å². The van der Waals surface area contributed by atoms with Crippen LogP contribution in [0.4, 0.5) is 0 Å². The van der Waals surface area contributed by atoms with Crippen LogP contribution in [-0.4, -0.2) is 29.3 Å². The predicted octanol–water partition coefficient (Wildman–Crippen LogP) is 3.19. The Morgan fingerprint density at radius 2 is 2.37 bits per heavy atom. The number of rotatable bonds is 5. The normalized spacial score (nSPS) is 23.5. The molecule has 1 aromatic rings. The Balaban J connectivity index is 2.15. The molecule has 19 heavy (non-hydrogen) atoms. The molecule has 0 amide bonds. The van der Waals surface area contributed by atoms with Crippen molar-refractivity contribution in [2.75, 3.05) is 13.7 Å². The molecule has 0 bridgehead atoms. The van der Waals surface area contributed by atoms with Gasteiger partial charge in [0.05, 0.1) is 24.4 Å². The molecule has 1 saturated carbocycles. The highest BCUT2D eigenvalue weighted by Crippen LogP contribution is 2.32. The largest absolute Gasteiger partial charge is 0.383 e. The molecule has 1 heterocycles. The van der Waals surface area contributed by atoms with Gasteiger partial charge in [-0.25, -0.2) is 0 Å². The molecular formula is C14H21ClN2O2. The van der Waals surface area contributed by atoms with Crippen molar-refractivity contribution < 1.29 is 9.53 Å². The van der Waals surface area contributed by atoms with Crippen LogP contribution in [0.1, 0.15) is 43.1 Å². The second-order valence-corrected chi connectivity index (χ2v) is 5.80. The summed E-state index contributed by atoms with van der Waals surface area (Å²) in [6.45, 7) is 3.30. The molecule has 0 radical (unpaired) electrons. The van der Waals surface area contributed by atoms with E-state index in [0.29, 0.717) is 29.8 Å². The van der Waals surface area contributed by atoms with Gasteiger partial charge in [-0.2, -0.15) is 5.10 Å². The molecule has 1 aliphatic rings. The highest BCUT2D eigenvalue weighted by atomic mass is 35.5. The van der Waals surface area contributed by atoms with Gasteiger partial charge in [0.15, 0.2) is 5.78 Å². The number of hydrogen-bond donors (Lipinski definition) is 0. The van der Waals surface area contributed by atoms with E-state index < -0.39 is 0 Å². The minimum absolute atomic E-state index is 0.0965. The van der Waals surface area contributed by atoms with Crippen LogP contribution in [0.25, 0.3) is 0 Å². The number of nitrogens with zero attached hydrogens (tertiary/aromatic N) is 2. The third-order valence-corrected chi connectivity index (χ3v) is 4.12. The second kappa shape index (κ2) is 6.53. The van der Waals surface area contributed by atoms with Crippen molar-refractivity contribution in [1.29, 1.82) is 0 Å². The number of ether oxygens (including phenoxy) is 1. The SMILES string of the molecule is COCCn1ncc(Cl)c1C(=O)C1CCCC(C)C1. The maximum absolute atomic E-state index is 12.6. The van der Waals surface area contributed by atoms with Crippen LogP contribution >= 0.6 is 11.6 Å². The lowest BCUT2D eigenvalue weighted by atomic mass is 9.79. The van der Waals surface area contributed by atoms with Gasteiger partial charge in [0, 0.05) is 13.0 Å². The van der Waals surface area contributed by atoms with Gasteiger partial charge in [-0.05, 0) is 18.8 Å². The molecule has 1 aromatic heterocycles. The summed E-state index contributed by atoms with van der Waals surface area (Å²) in [4.78, 5) is 12.6. The Morgan fingerprint density at radius 3 is 3.05 bits per heavy atom. The number of methoxy groups -OCH3 is 1. The van der Waals surface area contributed by atoms with Crippen molar-refractivity contribution in [2.24, 2.45) is 11.8 Å². The molecule has 1 fully saturated rings. The summed E-state index contributed by atoms with van der Waals surface area (Å²) in [5.41, 5.74) is 0.554. The Kier molecular flexibility index (Phi) is 4.99. The molecule has 2 unspecified atom stereocenters. The Hall–Kier alpha value is -0.870. The number of carbonyl (C=O) groups excluding carboxylic acids is 1. The van der Waals surface area contributed by atoms with Crippen LogP contribution in [0, 0.1) is 11.8 Å². The Morgan fingerprint density at radius 1 is 1.58 bits per heavy atom. The van der Waals surface area contributed by atoms with Crippen molar-refractivity contribution in [3.63, 3.8) is 0 Å². The summed E-state index contributed by atoms with van der Waals surface area (Å²) < 4.78 is 6.71. The average Bonchev–Trinajstić information content (AvgIpc) is 2.76. The smallest absolute Gasteiger partial charge is 0.185 e. The van der Waals surface area contributed by atoms with Gasteiger partial charge >= 0.3 is 0 Å². The van der Waals surface area contributed by atoms with E-state index in [2.05, 4.69) is 12.0 Å². The fraction of sp³-hybridized carbons (Fsp3) is 0.714. The summed E-state index contributed by atoms with van der Waals surface area (Å²) in [5.74, 6) is 0.862. The second-order valence-electron chi connectivity index (χ2n) is 5.39. The van der Waals surface area contributed by atoms with Crippen molar-refractivity contribution >= 4 is 17.4 Å². The summed E-state index contributed by atoms with van der Waals surface area (Å²) in [6, 6.07) is 0. The Labute approximate surface area is 119 Å². The van der Waals surface area contributed by atoms with Crippen molar-refractivity contribution in [3.05, 3.63) is 16.9 Å². The maximum Gasteiger partial charge on any atom is 0.185 e. The maximum atomic E-state index is 12.6. The topological polar surface area (TPSA) is 44.1 Å². The fourth-order valence-corrected chi connectivity index (χ4v) is 3.05. The molecule has 0 aromatic carbocycles. The van der Waals surface area contributed by atoms with E-state index in [1.54, 1.807) is 18.0 Å². The molecule has 0 saturated heterocycles. The number of aromatic nitrogens is 2. The Bertz CT molecular complexity index is 445. The lowest BCUT2D eigenvalue weighted by Gasteiger charge is -2.25. The summed E-state index contributed by atoms with van der Waals surface area (Å²) in [5, 5.41) is 4.63. The molecule has 0 aliphatic heterocycles. The number of halogens is 1. The first-order valence-electron chi connectivity index (χ1n) is 6.88. The first-order valence-corrected chi connectivity index (χ1v) is 7.25. The van der Waals surface area contributed by atoms with Crippen LogP contribution in [0.2, 0.25) is 5.02 Å².